The third kappa shape index (κ3) is 4.98. The molecule has 0 aliphatic heterocycles. The van der Waals surface area contributed by atoms with Gasteiger partial charge in [0.1, 0.15) is 0 Å². The van der Waals surface area contributed by atoms with E-state index in [0.29, 0.717) is 16.8 Å². The minimum absolute atomic E-state index is 0.0315. The topological polar surface area (TPSA) is 93.5 Å². The van der Waals surface area contributed by atoms with E-state index in [1.807, 2.05) is 0 Å². The molecule has 7 nitrogen and oxygen atoms in total. The van der Waals surface area contributed by atoms with Crippen LogP contribution in [0.15, 0.2) is 30.3 Å². The highest BCUT2D eigenvalue weighted by molar-refractivity contribution is 5.93. The van der Waals surface area contributed by atoms with Crippen molar-refractivity contribution >= 4 is 17.3 Å². The number of hydrogen-bond donors (Lipinski definition) is 2. The molecular weight excluding hydrogens is 360 g/mol. The molecule has 2 rings (SSSR count). The SMILES string of the molecule is COc1cc(NC(=O)CN[C@H](C)c2ccc(F)c(F)c2)c(C)cc1[N+](=O)[O-]. The van der Waals surface area contributed by atoms with Crippen molar-refractivity contribution in [1.82, 2.24) is 5.32 Å². The van der Waals surface area contributed by atoms with Gasteiger partial charge in [0.05, 0.1) is 18.6 Å². The summed E-state index contributed by atoms with van der Waals surface area (Å²) in [6, 6.07) is 5.82. The van der Waals surface area contributed by atoms with E-state index in [-0.39, 0.29) is 18.0 Å². The van der Waals surface area contributed by atoms with Gasteiger partial charge in [0, 0.05) is 23.9 Å². The lowest BCUT2D eigenvalue weighted by molar-refractivity contribution is -0.385. The van der Waals surface area contributed by atoms with Crippen molar-refractivity contribution < 1.29 is 23.2 Å². The fraction of sp³-hybridized carbons (Fsp3) is 0.278. The van der Waals surface area contributed by atoms with Crippen molar-refractivity contribution in [2.75, 3.05) is 19.0 Å². The molecule has 2 aromatic carbocycles. The Kier molecular flexibility index (Phi) is 6.40. The normalized spacial score (nSPS) is 11.7. The molecule has 2 N–H and O–H groups in total. The molecule has 0 unspecified atom stereocenters. The molecule has 144 valence electrons. The number of benzene rings is 2. The molecule has 0 saturated carbocycles. The highest BCUT2D eigenvalue weighted by Crippen LogP contribution is 2.32. The van der Waals surface area contributed by atoms with Crippen LogP contribution in [0.5, 0.6) is 5.75 Å². The van der Waals surface area contributed by atoms with E-state index < -0.39 is 28.5 Å². The van der Waals surface area contributed by atoms with Crippen molar-refractivity contribution in [3.8, 4) is 5.75 Å². The maximum Gasteiger partial charge on any atom is 0.311 e. The quantitative estimate of drug-likeness (QED) is 0.567. The van der Waals surface area contributed by atoms with E-state index in [1.165, 1.54) is 25.3 Å². The fourth-order valence-electron chi connectivity index (χ4n) is 2.45. The molecule has 1 amide bonds. The Bertz CT molecular complexity index is 874. The Morgan fingerprint density at radius 1 is 1.26 bits per heavy atom. The Hall–Kier alpha value is -3.07. The summed E-state index contributed by atoms with van der Waals surface area (Å²) >= 11 is 0. The number of nitro groups is 1. The molecule has 0 heterocycles. The van der Waals surface area contributed by atoms with Crippen LogP contribution in [0.2, 0.25) is 0 Å². The van der Waals surface area contributed by atoms with E-state index in [9.17, 15) is 23.7 Å². The Labute approximate surface area is 154 Å². The third-order valence-electron chi connectivity index (χ3n) is 4.01. The van der Waals surface area contributed by atoms with Gasteiger partial charge in [-0.2, -0.15) is 0 Å². The molecule has 0 bridgehead atoms. The van der Waals surface area contributed by atoms with Crippen LogP contribution >= 0.6 is 0 Å². The second-order valence-electron chi connectivity index (χ2n) is 5.92. The number of amides is 1. The first-order valence-electron chi connectivity index (χ1n) is 8.04. The number of nitrogens with one attached hydrogen (secondary N) is 2. The number of nitrogens with zero attached hydrogens (tertiary/aromatic N) is 1. The van der Waals surface area contributed by atoms with Gasteiger partial charge in [0.2, 0.25) is 5.91 Å². The smallest absolute Gasteiger partial charge is 0.311 e. The van der Waals surface area contributed by atoms with E-state index in [2.05, 4.69) is 10.6 Å². The maximum atomic E-state index is 13.3. The average molecular weight is 379 g/mol. The summed E-state index contributed by atoms with van der Waals surface area (Å²) in [6.45, 7) is 3.23. The Balaban J connectivity index is 2.03. The van der Waals surface area contributed by atoms with Crippen molar-refractivity contribution in [2.24, 2.45) is 0 Å². The molecule has 0 aliphatic carbocycles. The number of rotatable bonds is 7. The van der Waals surface area contributed by atoms with Crippen LogP contribution in [0.25, 0.3) is 0 Å². The molecule has 0 fully saturated rings. The minimum Gasteiger partial charge on any atom is -0.490 e. The number of halogens is 2. The number of carbonyl (C=O) groups excluding carboxylic acids is 1. The van der Waals surface area contributed by atoms with Crippen LogP contribution in [-0.4, -0.2) is 24.5 Å². The van der Waals surface area contributed by atoms with Crippen LogP contribution in [0.4, 0.5) is 20.2 Å². The van der Waals surface area contributed by atoms with Gasteiger partial charge in [-0.25, -0.2) is 8.78 Å². The largest absolute Gasteiger partial charge is 0.490 e. The summed E-state index contributed by atoms with van der Waals surface area (Å²) in [6.07, 6.45) is 0. The van der Waals surface area contributed by atoms with E-state index in [0.717, 1.165) is 12.1 Å². The van der Waals surface area contributed by atoms with E-state index in [1.54, 1.807) is 13.8 Å². The van der Waals surface area contributed by atoms with Crippen LogP contribution in [-0.2, 0) is 4.79 Å². The molecule has 27 heavy (non-hydrogen) atoms. The Morgan fingerprint density at radius 2 is 1.96 bits per heavy atom. The van der Waals surface area contributed by atoms with E-state index in [4.69, 9.17) is 4.74 Å². The first-order chi connectivity index (χ1) is 12.7. The molecule has 0 saturated heterocycles. The van der Waals surface area contributed by atoms with Gasteiger partial charge in [-0.3, -0.25) is 14.9 Å². The molecule has 0 radical (unpaired) electrons. The van der Waals surface area contributed by atoms with Crippen molar-refractivity contribution in [2.45, 2.75) is 19.9 Å². The minimum atomic E-state index is -0.959. The molecule has 0 aliphatic rings. The predicted octanol–water partition coefficient (Wildman–Crippen LogP) is 3.48. The third-order valence-corrected chi connectivity index (χ3v) is 4.01. The number of hydrogen-bond acceptors (Lipinski definition) is 5. The van der Waals surface area contributed by atoms with Crippen molar-refractivity contribution in [1.29, 1.82) is 0 Å². The lowest BCUT2D eigenvalue weighted by atomic mass is 10.1. The number of carbonyl (C=O) groups is 1. The standard InChI is InChI=1S/C18H19F2N3O4/c1-10-6-16(23(25)26)17(27-3)8-15(10)22-18(24)9-21-11(2)12-4-5-13(19)14(20)7-12/h4-8,11,21H,9H2,1-3H3,(H,22,24)/t11-/m1/s1. The van der Waals surface area contributed by atoms with Crippen LogP contribution in [0.1, 0.15) is 24.1 Å². The molecule has 1 atom stereocenters. The summed E-state index contributed by atoms with van der Waals surface area (Å²) in [5, 5.41) is 16.5. The van der Waals surface area contributed by atoms with Crippen molar-refractivity contribution in [3.05, 3.63) is 63.2 Å². The van der Waals surface area contributed by atoms with Crippen molar-refractivity contribution in [3.63, 3.8) is 0 Å². The van der Waals surface area contributed by atoms with Gasteiger partial charge in [-0.1, -0.05) is 6.07 Å². The molecular formula is C18H19F2N3O4. The van der Waals surface area contributed by atoms with Gasteiger partial charge in [0.25, 0.3) is 0 Å². The van der Waals surface area contributed by atoms with Gasteiger partial charge in [-0.15, -0.1) is 0 Å². The number of methoxy groups -OCH3 is 1. The average Bonchev–Trinajstić information content (AvgIpc) is 2.63. The second kappa shape index (κ2) is 8.54. The first kappa shape index (κ1) is 20.2. The predicted molar refractivity (Wildman–Crippen MR) is 95.8 cm³/mol. The highest BCUT2D eigenvalue weighted by Gasteiger charge is 2.18. The summed E-state index contributed by atoms with van der Waals surface area (Å²) in [5.74, 6) is -2.27. The number of anilines is 1. The first-order valence-corrected chi connectivity index (χ1v) is 8.04. The zero-order chi connectivity index (χ0) is 20.1. The molecule has 0 aromatic heterocycles. The number of ether oxygens (including phenoxy) is 1. The Morgan fingerprint density at radius 3 is 2.56 bits per heavy atom. The van der Waals surface area contributed by atoms with Gasteiger partial charge in [-0.05, 0) is 37.1 Å². The van der Waals surface area contributed by atoms with Crippen LogP contribution in [0, 0.1) is 28.7 Å². The van der Waals surface area contributed by atoms with Crippen LogP contribution in [0.3, 0.4) is 0 Å². The van der Waals surface area contributed by atoms with Gasteiger partial charge < -0.3 is 15.4 Å². The number of aryl methyl sites for hydroxylation is 1. The summed E-state index contributed by atoms with van der Waals surface area (Å²) in [4.78, 5) is 22.6. The zero-order valence-corrected chi connectivity index (χ0v) is 15.0. The lowest BCUT2D eigenvalue weighted by Gasteiger charge is -2.15. The molecule has 2 aromatic rings. The number of nitro benzene ring substituents is 1. The van der Waals surface area contributed by atoms with Crippen LogP contribution < -0.4 is 15.4 Å². The van der Waals surface area contributed by atoms with E-state index >= 15 is 0 Å². The maximum absolute atomic E-state index is 13.3. The summed E-state index contributed by atoms with van der Waals surface area (Å²) < 4.78 is 31.3. The zero-order valence-electron chi connectivity index (χ0n) is 15.0. The van der Waals surface area contributed by atoms with Gasteiger partial charge >= 0.3 is 5.69 Å². The lowest BCUT2D eigenvalue weighted by Crippen LogP contribution is -2.30. The highest BCUT2D eigenvalue weighted by atomic mass is 19.2. The molecule has 0 spiro atoms. The monoisotopic (exact) mass is 379 g/mol. The second-order valence-corrected chi connectivity index (χ2v) is 5.92. The van der Waals surface area contributed by atoms with Gasteiger partial charge in [0.15, 0.2) is 17.4 Å². The summed E-state index contributed by atoms with van der Waals surface area (Å²) in [5.41, 5.74) is 1.18. The summed E-state index contributed by atoms with van der Waals surface area (Å²) in [7, 11) is 1.30. The fourth-order valence-corrected chi connectivity index (χ4v) is 2.45. The molecule has 9 heteroatoms.